The first-order chi connectivity index (χ1) is 11.8. The Balaban J connectivity index is 0.000000260. The summed E-state index contributed by atoms with van der Waals surface area (Å²) in [5.74, 6) is 0. The maximum absolute atomic E-state index is 5.57. The monoisotopic (exact) mass is 368 g/mol. The highest BCUT2D eigenvalue weighted by atomic mass is 16.8. The van der Waals surface area contributed by atoms with Gasteiger partial charge >= 0.3 is 14.6 Å². The van der Waals surface area contributed by atoms with Crippen molar-refractivity contribution in [3.8, 4) is 0 Å². The molecule has 2 aliphatic heterocycles. The van der Waals surface area contributed by atoms with Gasteiger partial charge in [-0.05, 0) is 62.3 Å². The zero-order valence-electron chi connectivity index (χ0n) is 17.8. The summed E-state index contributed by atoms with van der Waals surface area (Å²) in [7, 11) is -1.15. The SMILES string of the molecule is C/C=C/OB1OC(C)(C)C(C)(C)O1.C=CCOB1OC(C)(C)C(C)(C)O1. The summed E-state index contributed by atoms with van der Waals surface area (Å²) in [4.78, 5) is 0. The van der Waals surface area contributed by atoms with E-state index >= 15 is 0 Å². The highest BCUT2D eigenvalue weighted by Gasteiger charge is 2.54. The third kappa shape index (κ3) is 5.60. The first kappa shape index (κ1) is 23.2. The molecule has 6 nitrogen and oxygen atoms in total. The van der Waals surface area contributed by atoms with Crippen LogP contribution in [0.25, 0.3) is 0 Å². The Morgan fingerprint density at radius 1 is 0.769 bits per heavy atom. The molecule has 2 aliphatic rings. The van der Waals surface area contributed by atoms with E-state index in [-0.39, 0.29) is 22.4 Å². The molecule has 0 saturated carbocycles. The Labute approximate surface area is 159 Å². The van der Waals surface area contributed by atoms with E-state index in [4.69, 9.17) is 27.9 Å². The zero-order chi connectivity index (χ0) is 20.2. The number of rotatable bonds is 5. The van der Waals surface area contributed by atoms with Crippen LogP contribution in [0, 0.1) is 0 Å². The average molecular weight is 368 g/mol. The Kier molecular flexibility index (Phi) is 7.59. The van der Waals surface area contributed by atoms with Crippen LogP contribution in [-0.4, -0.2) is 43.7 Å². The van der Waals surface area contributed by atoms with Crippen molar-refractivity contribution in [1.29, 1.82) is 0 Å². The highest BCUT2D eigenvalue weighted by Crippen LogP contribution is 2.37. The lowest BCUT2D eigenvalue weighted by Crippen LogP contribution is -2.41. The van der Waals surface area contributed by atoms with E-state index in [1.807, 2.05) is 62.3 Å². The van der Waals surface area contributed by atoms with Gasteiger partial charge in [-0.3, -0.25) is 0 Å². The molecule has 26 heavy (non-hydrogen) atoms. The highest BCUT2D eigenvalue weighted by molar-refractivity contribution is 6.38. The van der Waals surface area contributed by atoms with Gasteiger partial charge in [0.1, 0.15) is 0 Å². The number of hydrogen-bond donors (Lipinski definition) is 0. The van der Waals surface area contributed by atoms with Gasteiger partial charge in [-0.2, -0.15) is 0 Å². The average Bonchev–Trinajstić information content (AvgIpc) is 2.82. The molecule has 2 saturated heterocycles. The van der Waals surface area contributed by atoms with Crippen LogP contribution in [0.5, 0.6) is 0 Å². The Hall–Kier alpha value is -0.790. The van der Waals surface area contributed by atoms with Crippen molar-refractivity contribution in [2.24, 2.45) is 0 Å². The van der Waals surface area contributed by atoms with Crippen molar-refractivity contribution in [3.05, 3.63) is 25.0 Å². The summed E-state index contributed by atoms with van der Waals surface area (Å²) in [6.07, 6.45) is 5.04. The van der Waals surface area contributed by atoms with Gasteiger partial charge < -0.3 is 27.9 Å². The molecule has 0 spiro atoms. The molecular weight excluding hydrogens is 334 g/mol. The van der Waals surface area contributed by atoms with Crippen LogP contribution >= 0.6 is 0 Å². The first-order valence-corrected chi connectivity index (χ1v) is 8.98. The van der Waals surface area contributed by atoms with Gasteiger partial charge in [0.25, 0.3) is 0 Å². The van der Waals surface area contributed by atoms with Crippen molar-refractivity contribution in [1.82, 2.24) is 0 Å². The van der Waals surface area contributed by atoms with Crippen molar-refractivity contribution >= 4 is 14.6 Å². The molecule has 0 atom stereocenters. The van der Waals surface area contributed by atoms with Crippen molar-refractivity contribution in [2.45, 2.75) is 84.7 Å². The minimum atomic E-state index is -0.582. The van der Waals surface area contributed by atoms with Crippen LogP contribution in [0.15, 0.2) is 25.0 Å². The van der Waals surface area contributed by atoms with Crippen LogP contribution < -0.4 is 0 Å². The van der Waals surface area contributed by atoms with E-state index in [1.54, 1.807) is 18.4 Å². The molecule has 0 bridgehead atoms. The maximum atomic E-state index is 5.57. The number of allylic oxidation sites excluding steroid dienone is 1. The fraction of sp³-hybridized carbons (Fsp3) is 0.778. The lowest BCUT2D eigenvalue weighted by atomic mass is 9.90. The van der Waals surface area contributed by atoms with Crippen molar-refractivity contribution in [2.75, 3.05) is 6.61 Å². The van der Waals surface area contributed by atoms with Gasteiger partial charge in [-0.1, -0.05) is 12.2 Å². The second-order valence-electron chi connectivity index (χ2n) is 8.32. The molecule has 0 aliphatic carbocycles. The van der Waals surface area contributed by atoms with Crippen LogP contribution in [0.2, 0.25) is 0 Å². The standard InChI is InChI=1S/2C9H17BO3/c2*1-6-7-11-10-12-8(2,3)9(4,5)13-10/h6-7H,1-5H3;6H,1,7H2,2-5H3/b7-6+;. The van der Waals surface area contributed by atoms with Gasteiger partial charge in [0.2, 0.25) is 0 Å². The predicted molar refractivity (Wildman–Crippen MR) is 104 cm³/mol. The van der Waals surface area contributed by atoms with Crippen molar-refractivity contribution < 1.29 is 27.9 Å². The van der Waals surface area contributed by atoms with E-state index in [9.17, 15) is 0 Å². The summed E-state index contributed by atoms with van der Waals surface area (Å²) in [5, 5.41) is 0. The van der Waals surface area contributed by atoms with Gasteiger partial charge in [0, 0.05) is 0 Å². The minimum Gasteiger partial charge on any atom is -0.518 e. The molecule has 0 radical (unpaired) electrons. The zero-order valence-corrected chi connectivity index (χ0v) is 17.8. The van der Waals surface area contributed by atoms with Crippen LogP contribution in [0.1, 0.15) is 62.3 Å². The molecule has 148 valence electrons. The molecule has 2 fully saturated rings. The molecule has 0 N–H and O–H groups in total. The van der Waals surface area contributed by atoms with E-state index in [1.165, 1.54) is 0 Å². The van der Waals surface area contributed by atoms with E-state index in [2.05, 4.69) is 6.58 Å². The van der Waals surface area contributed by atoms with Gasteiger partial charge in [-0.25, -0.2) is 0 Å². The van der Waals surface area contributed by atoms with Crippen molar-refractivity contribution in [3.63, 3.8) is 0 Å². The summed E-state index contributed by atoms with van der Waals surface area (Å²) in [6.45, 7) is 21.8. The minimum absolute atomic E-state index is 0.320. The molecule has 0 unspecified atom stereocenters. The summed E-state index contributed by atoms with van der Waals surface area (Å²) in [6, 6.07) is 0. The van der Waals surface area contributed by atoms with Gasteiger partial charge in [0.05, 0.1) is 35.3 Å². The fourth-order valence-corrected chi connectivity index (χ4v) is 1.99. The summed E-state index contributed by atoms with van der Waals surface area (Å²) in [5.41, 5.74) is -1.28. The molecule has 0 amide bonds. The Bertz CT molecular complexity index is 470. The fourth-order valence-electron chi connectivity index (χ4n) is 1.99. The van der Waals surface area contributed by atoms with E-state index in [0.717, 1.165) is 0 Å². The second kappa shape index (κ2) is 8.48. The van der Waals surface area contributed by atoms with Crippen LogP contribution in [0.3, 0.4) is 0 Å². The molecule has 0 aromatic rings. The first-order valence-electron chi connectivity index (χ1n) is 8.98. The lowest BCUT2D eigenvalue weighted by Gasteiger charge is -2.31. The van der Waals surface area contributed by atoms with Gasteiger partial charge in [0.15, 0.2) is 0 Å². The Morgan fingerprint density at radius 2 is 1.15 bits per heavy atom. The normalized spacial score (nSPS) is 25.1. The third-order valence-corrected chi connectivity index (χ3v) is 5.14. The second-order valence-corrected chi connectivity index (χ2v) is 8.32. The smallest absolute Gasteiger partial charge is 0.518 e. The largest absolute Gasteiger partial charge is 0.713 e. The lowest BCUT2D eigenvalue weighted by molar-refractivity contribution is 0.00578. The predicted octanol–water partition coefficient (Wildman–Crippen LogP) is 3.90. The van der Waals surface area contributed by atoms with E-state index in [0.29, 0.717) is 6.61 Å². The van der Waals surface area contributed by atoms with Gasteiger partial charge in [-0.15, -0.1) is 6.58 Å². The molecule has 2 heterocycles. The topological polar surface area (TPSA) is 55.4 Å². The maximum Gasteiger partial charge on any atom is 0.713 e. The quantitative estimate of drug-likeness (QED) is 0.417. The molecule has 8 heteroatoms. The third-order valence-electron chi connectivity index (χ3n) is 5.14. The molecule has 2 rings (SSSR count). The van der Waals surface area contributed by atoms with Crippen LogP contribution in [0.4, 0.5) is 0 Å². The summed E-state index contributed by atoms with van der Waals surface area (Å²) < 4.78 is 32.7. The Morgan fingerprint density at radius 3 is 1.50 bits per heavy atom. The summed E-state index contributed by atoms with van der Waals surface area (Å²) >= 11 is 0. The molecule has 0 aromatic heterocycles. The molecular formula is C18H34B2O6. The van der Waals surface area contributed by atoms with Crippen LogP contribution in [-0.2, 0) is 27.9 Å². The molecule has 0 aromatic carbocycles. The van der Waals surface area contributed by atoms with E-state index < -0.39 is 14.6 Å². The number of hydrogen-bond acceptors (Lipinski definition) is 6.